The van der Waals surface area contributed by atoms with E-state index < -0.39 is 5.95 Å². The molecule has 0 radical (unpaired) electrons. The third-order valence-electron chi connectivity index (χ3n) is 4.55. The van der Waals surface area contributed by atoms with Gasteiger partial charge in [0, 0.05) is 42.6 Å². The number of fused-ring (bicyclic) bond motifs is 1. The van der Waals surface area contributed by atoms with Crippen LogP contribution in [0.2, 0.25) is 0 Å². The van der Waals surface area contributed by atoms with Crippen molar-refractivity contribution >= 4 is 11.0 Å². The van der Waals surface area contributed by atoms with Gasteiger partial charge in [-0.2, -0.15) is 4.39 Å². The Morgan fingerprint density at radius 3 is 2.66 bits per heavy atom. The quantitative estimate of drug-likeness (QED) is 0.484. The van der Waals surface area contributed by atoms with Gasteiger partial charge in [-0.1, -0.05) is 12.1 Å². The molecule has 4 rings (SSSR count). The summed E-state index contributed by atoms with van der Waals surface area (Å²) in [4.78, 5) is 19.8. The van der Waals surface area contributed by atoms with Gasteiger partial charge in [-0.25, -0.2) is 19.9 Å². The maximum absolute atomic E-state index is 14.7. The first-order valence-corrected chi connectivity index (χ1v) is 9.25. The molecule has 0 saturated carbocycles. The summed E-state index contributed by atoms with van der Waals surface area (Å²) in [6.45, 7) is 2.38. The van der Waals surface area contributed by atoms with Gasteiger partial charge in [-0.15, -0.1) is 0 Å². The van der Waals surface area contributed by atoms with E-state index in [2.05, 4.69) is 24.9 Å². The van der Waals surface area contributed by atoms with Gasteiger partial charge in [0.25, 0.3) is 0 Å². The van der Waals surface area contributed by atoms with Crippen LogP contribution in [0.1, 0.15) is 29.3 Å². The highest BCUT2D eigenvalue weighted by molar-refractivity contribution is 5.85. The molecule has 4 aromatic heterocycles. The van der Waals surface area contributed by atoms with Gasteiger partial charge in [0.1, 0.15) is 12.0 Å². The Morgan fingerprint density at radius 1 is 1.03 bits per heavy atom. The number of pyridine rings is 2. The van der Waals surface area contributed by atoms with E-state index in [-0.39, 0.29) is 0 Å². The third-order valence-corrected chi connectivity index (χ3v) is 4.55. The fourth-order valence-electron chi connectivity index (χ4n) is 3.16. The Bertz CT molecular complexity index is 1130. The average molecular weight is 393 g/mol. The summed E-state index contributed by atoms with van der Waals surface area (Å²) in [5.41, 5.74) is 3.58. The van der Waals surface area contributed by atoms with Crippen LogP contribution >= 0.6 is 0 Å². The topological polar surface area (TPSA) is 85.8 Å². The van der Waals surface area contributed by atoms with Gasteiger partial charge in [-0.3, -0.25) is 0 Å². The molecule has 4 aromatic rings. The molecule has 4 heterocycles. The molecule has 7 nitrogen and oxygen atoms in total. The van der Waals surface area contributed by atoms with Gasteiger partial charge in [-0.05, 0) is 24.1 Å². The molecule has 8 heteroatoms. The average Bonchev–Trinajstić information content (AvgIpc) is 3.15. The van der Waals surface area contributed by atoms with Crippen LogP contribution in [-0.2, 0) is 12.8 Å². The SMILES string of the molecule is CCOc1ncnc2[nH]cc(Cc3ccc(Cc4ccc(OC)nc4)nc3F)c12. The van der Waals surface area contributed by atoms with E-state index in [1.54, 1.807) is 31.6 Å². The molecule has 0 amide bonds. The maximum atomic E-state index is 14.7. The molecule has 0 aromatic carbocycles. The lowest BCUT2D eigenvalue weighted by atomic mass is 10.1. The number of hydrogen-bond acceptors (Lipinski definition) is 6. The summed E-state index contributed by atoms with van der Waals surface area (Å²) < 4.78 is 25.3. The molecule has 0 saturated heterocycles. The van der Waals surface area contributed by atoms with Crippen LogP contribution in [0.5, 0.6) is 11.8 Å². The van der Waals surface area contributed by atoms with Gasteiger partial charge in [0.05, 0.1) is 19.1 Å². The summed E-state index contributed by atoms with van der Waals surface area (Å²) in [5.74, 6) is 0.538. The number of rotatable bonds is 7. The molecular formula is C21H20FN5O2. The Labute approximate surface area is 167 Å². The Balaban J connectivity index is 1.56. The van der Waals surface area contributed by atoms with Gasteiger partial charge in [0.2, 0.25) is 17.7 Å². The minimum atomic E-state index is -0.492. The van der Waals surface area contributed by atoms with Crippen LogP contribution < -0.4 is 9.47 Å². The number of hydrogen-bond donors (Lipinski definition) is 1. The molecule has 1 N–H and O–H groups in total. The predicted molar refractivity (Wildman–Crippen MR) is 106 cm³/mol. The van der Waals surface area contributed by atoms with Crippen LogP contribution in [0.3, 0.4) is 0 Å². The fourth-order valence-corrected chi connectivity index (χ4v) is 3.16. The van der Waals surface area contributed by atoms with E-state index >= 15 is 0 Å². The number of halogens is 1. The van der Waals surface area contributed by atoms with E-state index in [0.29, 0.717) is 48.1 Å². The minimum Gasteiger partial charge on any atom is -0.481 e. The Hall–Kier alpha value is -3.55. The van der Waals surface area contributed by atoms with Crippen LogP contribution in [0, 0.1) is 5.95 Å². The second kappa shape index (κ2) is 8.22. The normalized spacial score (nSPS) is 11.0. The summed E-state index contributed by atoms with van der Waals surface area (Å²) in [5, 5.41) is 0.766. The number of aromatic amines is 1. The summed E-state index contributed by atoms with van der Waals surface area (Å²) in [6, 6.07) is 7.25. The van der Waals surface area contributed by atoms with Crippen molar-refractivity contribution < 1.29 is 13.9 Å². The molecule has 0 unspecified atom stereocenters. The number of ether oxygens (including phenoxy) is 2. The van der Waals surface area contributed by atoms with Crippen molar-refractivity contribution in [2.24, 2.45) is 0 Å². The molecule has 0 spiro atoms. The van der Waals surface area contributed by atoms with Crippen LogP contribution in [0.15, 0.2) is 43.0 Å². The summed E-state index contributed by atoms with van der Waals surface area (Å²) >= 11 is 0. The highest BCUT2D eigenvalue weighted by Gasteiger charge is 2.15. The zero-order valence-corrected chi connectivity index (χ0v) is 16.1. The van der Waals surface area contributed by atoms with E-state index in [0.717, 1.165) is 16.5 Å². The minimum absolute atomic E-state index is 0.358. The Morgan fingerprint density at radius 2 is 1.93 bits per heavy atom. The lowest BCUT2D eigenvalue weighted by Gasteiger charge is -2.07. The maximum Gasteiger partial charge on any atom is 0.226 e. The van der Waals surface area contributed by atoms with Crippen molar-refractivity contribution in [1.82, 2.24) is 24.9 Å². The standard InChI is InChI=1S/C21H20FN5O2/c1-3-29-21-18-15(11-24-20(18)25-12-26-21)9-14-5-6-16(27-19(14)22)8-13-4-7-17(28-2)23-10-13/h4-7,10-12H,3,8-9H2,1-2H3,(H,24,25,26). The first-order valence-electron chi connectivity index (χ1n) is 9.25. The van der Waals surface area contributed by atoms with Gasteiger partial charge in [0.15, 0.2) is 0 Å². The zero-order chi connectivity index (χ0) is 20.2. The second-order valence-electron chi connectivity index (χ2n) is 6.46. The molecule has 0 bridgehead atoms. The smallest absolute Gasteiger partial charge is 0.226 e. The van der Waals surface area contributed by atoms with Crippen LogP contribution in [0.4, 0.5) is 4.39 Å². The van der Waals surface area contributed by atoms with Crippen molar-refractivity contribution in [1.29, 1.82) is 0 Å². The molecule has 0 fully saturated rings. The van der Waals surface area contributed by atoms with Crippen molar-refractivity contribution in [3.63, 3.8) is 0 Å². The highest BCUT2D eigenvalue weighted by Crippen LogP contribution is 2.27. The van der Waals surface area contributed by atoms with Crippen LogP contribution in [-0.4, -0.2) is 38.6 Å². The Kier molecular flexibility index (Phi) is 5.33. The third kappa shape index (κ3) is 4.01. The summed E-state index contributed by atoms with van der Waals surface area (Å²) in [7, 11) is 1.56. The van der Waals surface area contributed by atoms with Crippen LogP contribution in [0.25, 0.3) is 11.0 Å². The number of nitrogens with zero attached hydrogens (tertiary/aromatic N) is 4. The highest BCUT2D eigenvalue weighted by atomic mass is 19.1. The number of methoxy groups -OCH3 is 1. The zero-order valence-electron chi connectivity index (χ0n) is 16.1. The molecule has 0 atom stereocenters. The largest absolute Gasteiger partial charge is 0.481 e. The fraction of sp³-hybridized carbons (Fsp3) is 0.238. The molecule has 0 aliphatic rings. The van der Waals surface area contributed by atoms with Crippen molar-refractivity contribution in [3.8, 4) is 11.8 Å². The molecule has 0 aliphatic carbocycles. The number of nitrogens with one attached hydrogen (secondary N) is 1. The van der Waals surface area contributed by atoms with E-state index in [9.17, 15) is 4.39 Å². The monoisotopic (exact) mass is 393 g/mol. The van der Waals surface area contributed by atoms with Crippen molar-refractivity contribution in [2.45, 2.75) is 19.8 Å². The molecule has 0 aliphatic heterocycles. The predicted octanol–water partition coefficient (Wildman–Crippen LogP) is 3.48. The van der Waals surface area contributed by atoms with E-state index in [4.69, 9.17) is 9.47 Å². The first kappa shape index (κ1) is 18.8. The first-order chi connectivity index (χ1) is 14.2. The van der Waals surface area contributed by atoms with E-state index in [1.165, 1.54) is 6.33 Å². The number of H-pyrrole nitrogens is 1. The van der Waals surface area contributed by atoms with Crippen molar-refractivity contribution in [3.05, 3.63) is 71.3 Å². The molecule has 148 valence electrons. The van der Waals surface area contributed by atoms with Gasteiger partial charge >= 0.3 is 0 Å². The number of aromatic nitrogens is 5. The summed E-state index contributed by atoms with van der Waals surface area (Å²) in [6.07, 6.45) is 5.80. The van der Waals surface area contributed by atoms with Gasteiger partial charge < -0.3 is 14.5 Å². The van der Waals surface area contributed by atoms with Crippen molar-refractivity contribution in [2.75, 3.05) is 13.7 Å². The molecular weight excluding hydrogens is 373 g/mol. The molecule has 29 heavy (non-hydrogen) atoms. The second-order valence-corrected chi connectivity index (χ2v) is 6.46. The van der Waals surface area contributed by atoms with E-state index in [1.807, 2.05) is 19.1 Å². The lowest BCUT2D eigenvalue weighted by Crippen LogP contribution is -2.01. The lowest BCUT2D eigenvalue weighted by molar-refractivity contribution is 0.330.